The molecule has 1 aromatic carbocycles. The zero-order valence-corrected chi connectivity index (χ0v) is 12.7. The Hall–Kier alpha value is -1.35. The van der Waals surface area contributed by atoms with Crippen molar-refractivity contribution in [1.82, 2.24) is 4.90 Å². The van der Waals surface area contributed by atoms with Gasteiger partial charge in [0.25, 0.3) is 0 Å². The number of benzene rings is 1. The number of morpholine rings is 1. The van der Waals surface area contributed by atoms with Gasteiger partial charge in [-0.3, -0.25) is 4.90 Å². The standard InChI is InChI=1S/C13H22N4O3S/c14-12-10-11(21(15,18)19)2-3-13(12)16-4-1-5-17-6-8-20-9-7-17/h2-3,10,16H,1,4-9,14H2,(H2,15,18,19). The van der Waals surface area contributed by atoms with E-state index >= 15 is 0 Å². The van der Waals surface area contributed by atoms with Gasteiger partial charge in [-0.05, 0) is 31.2 Å². The molecule has 2 rings (SSSR count). The number of primary sulfonamides is 1. The Kier molecular flexibility index (Phi) is 5.40. The number of nitrogen functional groups attached to an aromatic ring is 1. The van der Waals surface area contributed by atoms with Gasteiger partial charge in [0.1, 0.15) is 0 Å². The number of nitrogens with zero attached hydrogens (tertiary/aromatic N) is 1. The molecule has 5 N–H and O–H groups in total. The first-order chi connectivity index (χ1) is 9.97. The number of rotatable bonds is 6. The van der Waals surface area contributed by atoms with Crippen LogP contribution in [-0.2, 0) is 14.8 Å². The third-order valence-corrected chi connectivity index (χ3v) is 4.33. The van der Waals surface area contributed by atoms with E-state index in [1.165, 1.54) is 12.1 Å². The molecule has 1 aromatic rings. The lowest BCUT2D eigenvalue weighted by molar-refractivity contribution is 0.0378. The first-order valence-corrected chi connectivity index (χ1v) is 8.48. The van der Waals surface area contributed by atoms with Gasteiger partial charge < -0.3 is 15.8 Å². The van der Waals surface area contributed by atoms with Crippen molar-refractivity contribution < 1.29 is 13.2 Å². The molecule has 0 amide bonds. The number of ether oxygens (including phenoxy) is 1. The molecule has 0 aromatic heterocycles. The molecule has 7 nitrogen and oxygen atoms in total. The molecule has 0 atom stereocenters. The molecule has 21 heavy (non-hydrogen) atoms. The maximum atomic E-state index is 11.2. The quantitative estimate of drug-likeness (QED) is 0.505. The molecular weight excluding hydrogens is 292 g/mol. The summed E-state index contributed by atoms with van der Waals surface area (Å²) in [5.74, 6) is 0. The SMILES string of the molecule is Nc1cc(S(N)(=O)=O)ccc1NCCCN1CCOCC1. The predicted molar refractivity (Wildman–Crippen MR) is 82.6 cm³/mol. The predicted octanol–water partition coefficient (Wildman–Crippen LogP) is 0.0504. The molecule has 118 valence electrons. The monoisotopic (exact) mass is 314 g/mol. The second-order valence-electron chi connectivity index (χ2n) is 5.03. The van der Waals surface area contributed by atoms with Gasteiger partial charge in [0.2, 0.25) is 10.0 Å². The third kappa shape index (κ3) is 4.85. The largest absolute Gasteiger partial charge is 0.397 e. The van der Waals surface area contributed by atoms with Crippen LogP contribution in [0.5, 0.6) is 0 Å². The van der Waals surface area contributed by atoms with Gasteiger partial charge in [0.05, 0.1) is 29.5 Å². The minimum Gasteiger partial charge on any atom is -0.397 e. The van der Waals surface area contributed by atoms with Gasteiger partial charge in [0, 0.05) is 19.6 Å². The van der Waals surface area contributed by atoms with E-state index in [0.29, 0.717) is 5.69 Å². The number of hydrogen-bond donors (Lipinski definition) is 3. The summed E-state index contributed by atoms with van der Waals surface area (Å²) in [4.78, 5) is 2.39. The number of nitrogens with one attached hydrogen (secondary N) is 1. The van der Waals surface area contributed by atoms with Crippen LogP contribution in [0, 0.1) is 0 Å². The van der Waals surface area contributed by atoms with Crippen LogP contribution in [0.3, 0.4) is 0 Å². The average molecular weight is 314 g/mol. The zero-order chi connectivity index (χ0) is 15.3. The highest BCUT2D eigenvalue weighted by Gasteiger charge is 2.11. The van der Waals surface area contributed by atoms with Crippen LogP contribution in [0.2, 0.25) is 0 Å². The Morgan fingerprint density at radius 3 is 2.62 bits per heavy atom. The fourth-order valence-electron chi connectivity index (χ4n) is 2.23. The van der Waals surface area contributed by atoms with Crippen molar-refractivity contribution in [3.63, 3.8) is 0 Å². The molecule has 0 aliphatic carbocycles. The van der Waals surface area contributed by atoms with E-state index in [9.17, 15) is 8.42 Å². The second kappa shape index (κ2) is 7.08. The van der Waals surface area contributed by atoms with Gasteiger partial charge in [-0.15, -0.1) is 0 Å². The normalized spacial score (nSPS) is 16.8. The Labute approximate surface area is 125 Å². The molecule has 1 saturated heterocycles. The van der Waals surface area contributed by atoms with Crippen LogP contribution < -0.4 is 16.2 Å². The summed E-state index contributed by atoms with van der Waals surface area (Å²) in [5, 5.41) is 8.27. The summed E-state index contributed by atoms with van der Waals surface area (Å²) in [6, 6.07) is 4.47. The first-order valence-electron chi connectivity index (χ1n) is 6.93. The third-order valence-electron chi connectivity index (χ3n) is 3.42. The highest BCUT2D eigenvalue weighted by Crippen LogP contribution is 2.21. The van der Waals surface area contributed by atoms with E-state index in [4.69, 9.17) is 15.6 Å². The molecule has 0 bridgehead atoms. The molecule has 0 unspecified atom stereocenters. The van der Waals surface area contributed by atoms with Crippen LogP contribution in [0.25, 0.3) is 0 Å². The minimum atomic E-state index is -3.71. The zero-order valence-electron chi connectivity index (χ0n) is 11.9. The number of sulfonamides is 1. The van der Waals surface area contributed by atoms with Crippen molar-refractivity contribution in [2.75, 3.05) is 50.4 Å². The summed E-state index contributed by atoms with van der Waals surface area (Å²) < 4.78 is 27.7. The highest BCUT2D eigenvalue weighted by molar-refractivity contribution is 7.89. The van der Waals surface area contributed by atoms with Crippen molar-refractivity contribution in [2.45, 2.75) is 11.3 Å². The molecule has 0 saturated carbocycles. The lowest BCUT2D eigenvalue weighted by Gasteiger charge is -2.26. The number of nitrogens with two attached hydrogens (primary N) is 2. The topological polar surface area (TPSA) is 111 Å². The summed E-state index contributed by atoms with van der Waals surface area (Å²) in [5.41, 5.74) is 6.94. The van der Waals surface area contributed by atoms with Gasteiger partial charge >= 0.3 is 0 Å². The van der Waals surface area contributed by atoms with Crippen molar-refractivity contribution in [1.29, 1.82) is 0 Å². The van der Waals surface area contributed by atoms with E-state index in [0.717, 1.165) is 51.5 Å². The molecule has 1 aliphatic heterocycles. The molecule has 1 aliphatic rings. The molecule has 0 radical (unpaired) electrons. The Morgan fingerprint density at radius 1 is 1.29 bits per heavy atom. The lowest BCUT2D eigenvalue weighted by Crippen LogP contribution is -2.37. The van der Waals surface area contributed by atoms with Gasteiger partial charge in [-0.1, -0.05) is 0 Å². The molecule has 0 spiro atoms. The van der Waals surface area contributed by atoms with Crippen LogP contribution in [0.15, 0.2) is 23.1 Å². The Bertz CT molecular complexity index is 571. The summed E-state index contributed by atoms with van der Waals surface area (Å²) in [6.07, 6.45) is 0.983. The van der Waals surface area contributed by atoms with Crippen LogP contribution in [0.4, 0.5) is 11.4 Å². The van der Waals surface area contributed by atoms with E-state index < -0.39 is 10.0 Å². The number of anilines is 2. The number of hydrogen-bond acceptors (Lipinski definition) is 6. The first kappa shape index (κ1) is 16.0. The molecule has 8 heteroatoms. The highest BCUT2D eigenvalue weighted by atomic mass is 32.2. The van der Waals surface area contributed by atoms with E-state index in [-0.39, 0.29) is 4.90 Å². The molecule has 1 fully saturated rings. The van der Waals surface area contributed by atoms with Gasteiger partial charge in [-0.2, -0.15) is 0 Å². The lowest BCUT2D eigenvalue weighted by atomic mass is 10.2. The fraction of sp³-hybridized carbons (Fsp3) is 0.538. The van der Waals surface area contributed by atoms with Crippen molar-refractivity contribution in [3.8, 4) is 0 Å². The maximum Gasteiger partial charge on any atom is 0.238 e. The Balaban J connectivity index is 1.80. The summed E-state index contributed by atoms with van der Waals surface area (Å²) in [6.45, 7) is 5.34. The van der Waals surface area contributed by atoms with Crippen LogP contribution >= 0.6 is 0 Å². The molecular formula is C13H22N4O3S. The minimum absolute atomic E-state index is 0.0267. The summed E-state index contributed by atoms with van der Waals surface area (Å²) >= 11 is 0. The van der Waals surface area contributed by atoms with Crippen LogP contribution in [-0.4, -0.2) is 52.7 Å². The smallest absolute Gasteiger partial charge is 0.238 e. The van der Waals surface area contributed by atoms with Gasteiger partial charge in [-0.25, -0.2) is 13.6 Å². The average Bonchev–Trinajstić information content (AvgIpc) is 2.45. The van der Waals surface area contributed by atoms with Crippen LogP contribution in [0.1, 0.15) is 6.42 Å². The van der Waals surface area contributed by atoms with Crippen molar-refractivity contribution in [2.24, 2.45) is 5.14 Å². The molecule has 1 heterocycles. The van der Waals surface area contributed by atoms with Crippen molar-refractivity contribution >= 4 is 21.4 Å². The van der Waals surface area contributed by atoms with E-state index in [2.05, 4.69) is 10.2 Å². The fourth-order valence-corrected chi connectivity index (χ4v) is 2.78. The Morgan fingerprint density at radius 2 is 2.00 bits per heavy atom. The van der Waals surface area contributed by atoms with E-state index in [1.54, 1.807) is 6.07 Å². The van der Waals surface area contributed by atoms with Gasteiger partial charge in [0.15, 0.2) is 0 Å². The maximum absolute atomic E-state index is 11.2. The summed E-state index contributed by atoms with van der Waals surface area (Å²) in [7, 11) is -3.71. The van der Waals surface area contributed by atoms with Crippen molar-refractivity contribution in [3.05, 3.63) is 18.2 Å². The van der Waals surface area contributed by atoms with E-state index in [1.807, 2.05) is 0 Å². The second-order valence-corrected chi connectivity index (χ2v) is 6.59.